The fourth-order valence-electron chi connectivity index (χ4n) is 2.64. The summed E-state index contributed by atoms with van der Waals surface area (Å²) in [6, 6.07) is 7.09. The third kappa shape index (κ3) is 3.10. The Morgan fingerprint density at radius 2 is 1.96 bits per heavy atom. The zero-order chi connectivity index (χ0) is 19.1. The van der Waals surface area contributed by atoms with E-state index in [1.54, 1.807) is 25.2 Å². The Labute approximate surface area is 147 Å². The number of halogens is 3. The topological polar surface area (TPSA) is 64.8 Å². The maximum Gasteiger partial charge on any atom is 0.417 e. The molecule has 2 heterocycles. The van der Waals surface area contributed by atoms with Gasteiger partial charge in [0.2, 0.25) is 0 Å². The molecule has 0 aliphatic carbocycles. The van der Waals surface area contributed by atoms with Crippen LogP contribution >= 0.6 is 0 Å². The lowest BCUT2D eigenvalue weighted by molar-refractivity contribution is -0.137. The van der Waals surface area contributed by atoms with Gasteiger partial charge in [0.1, 0.15) is 11.3 Å². The number of rotatable bonds is 4. The number of hydrogen-bond donors (Lipinski definition) is 0. The molecule has 5 nitrogen and oxygen atoms in total. The van der Waals surface area contributed by atoms with Gasteiger partial charge in [-0.25, -0.2) is 18.4 Å². The molecule has 0 aliphatic heterocycles. The Kier molecular flexibility index (Phi) is 4.35. The minimum atomic E-state index is -4.54. The van der Waals surface area contributed by atoms with Crippen molar-refractivity contribution in [2.45, 2.75) is 11.1 Å². The molecule has 0 atom stereocenters. The van der Waals surface area contributed by atoms with Crippen LogP contribution in [0.1, 0.15) is 5.56 Å². The van der Waals surface area contributed by atoms with Crippen LogP contribution in [0.25, 0.3) is 22.6 Å². The van der Waals surface area contributed by atoms with Gasteiger partial charge in [0.15, 0.2) is 15.5 Å². The quantitative estimate of drug-likeness (QED) is 0.648. The van der Waals surface area contributed by atoms with Gasteiger partial charge in [0, 0.05) is 18.8 Å². The molecule has 0 radical (unpaired) electrons. The lowest BCUT2D eigenvalue weighted by Crippen LogP contribution is -2.07. The summed E-state index contributed by atoms with van der Waals surface area (Å²) < 4.78 is 65.1. The van der Waals surface area contributed by atoms with Crippen LogP contribution in [0.5, 0.6) is 0 Å². The molecule has 0 aliphatic rings. The minimum absolute atomic E-state index is 0.0354. The predicted molar refractivity (Wildman–Crippen MR) is 91.2 cm³/mol. The number of aryl methyl sites for hydroxylation is 1. The first kappa shape index (κ1) is 18.1. The van der Waals surface area contributed by atoms with Crippen molar-refractivity contribution in [1.82, 2.24) is 14.5 Å². The number of benzene rings is 1. The molecular formula is C17H14F3N3O2S. The Morgan fingerprint density at radius 3 is 2.62 bits per heavy atom. The minimum Gasteiger partial charge on any atom is -0.312 e. The molecule has 0 saturated heterocycles. The van der Waals surface area contributed by atoms with Gasteiger partial charge >= 0.3 is 6.18 Å². The van der Waals surface area contributed by atoms with Gasteiger partial charge in [-0.1, -0.05) is 18.2 Å². The van der Waals surface area contributed by atoms with Crippen LogP contribution in [0.3, 0.4) is 0 Å². The average molecular weight is 381 g/mol. The first-order chi connectivity index (χ1) is 12.1. The zero-order valence-corrected chi connectivity index (χ0v) is 14.5. The summed E-state index contributed by atoms with van der Waals surface area (Å²) in [4.78, 5) is 8.07. The summed E-state index contributed by atoms with van der Waals surface area (Å²) in [6.07, 6.45) is -2.53. The lowest BCUT2D eigenvalue weighted by Gasteiger charge is -2.09. The summed E-state index contributed by atoms with van der Waals surface area (Å²) in [5.74, 6) is -0.0418. The molecule has 0 bridgehead atoms. The van der Waals surface area contributed by atoms with Crippen LogP contribution in [0.4, 0.5) is 13.2 Å². The molecule has 0 amide bonds. The van der Waals surface area contributed by atoms with Crippen molar-refractivity contribution < 1.29 is 21.6 Å². The molecule has 0 saturated carbocycles. The molecule has 136 valence electrons. The fraction of sp³-hybridized carbons (Fsp3) is 0.176. The molecule has 0 spiro atoms. The van der Waals surface area contributed by atoms with E-state index in [1.165, 1.54) is 16.7 Å². The van der Waals surface area contributed by atoms with E-state index in [0.717, 1.165) is 12.3 Å². The van der Waals surface area contributed by atoms with E-state index in [-0.39, 0.29) is 27.6 Å². The van der Waals surface area contributed by atoms with E-state index >= 15 is 0 Å². The fourth-order valence-corrected chi connectivity index (χ4v) is 3.91. The van der Waals surface area contributed by atoms with Gasteiger partial charge in [-0.3, -0.25) is 0 Å². The number of sulfone groups is 1. The molecule has 1 aromatic carbocycles. The third-order valence-corrected chi connectivity index (χ3v) is 5.54. The van der Waals surface area contributed by atoms with E-state index in [0.29, 0.717) is 5.56 Å². The monoisotopic (exact) mass is 381 g/mol. The lowest BCUT2D eigenvalue weighted by atomic mass is 10.2. The van der Waals surface area contributed by atoms with E-state index in [9.17, 15) is 21.6 Å². The van der Waals surface area contributed by atoms with Gasteiger partial charge in [-0.15, -0.1) is 6.58 Å². The highest BCUT2D eigenvalue weighted by atomic mass is 32.2. The highest BCUT2D eigenvalue weighted by molar-refractivity contribution is 7.91. The molecule has 0 fully saturated rings. The first-order valence-corrected chi connectivity index (χ1v) is 9.13. The summed E-state index contributed by atoms with van der Waals surface area (Å²) in [6.45, 7) is 3.44. The number of alkyl halides is 3. The van der Waals surface area contributed by atoms with Crippen molar-refractivity contribution in [3.8, 4) is 11.4 Å². The summed E-state index contributed by atoms with van der Waals surface area (Å²) >= 11 is 0. The van der Waals surface area contributed by atoms with Crippen LogP contribution in [0.15, 0.2) is 54.1 Å². The zero-order valence-electron chi connectivity index (χ0n) is 13.7. The Hall–Kier alpha value is -2.68. The molecule has 26 heavy (non-hydrogen) atoms. The van der Waals surface area contributed by atoms with Crippen molar-refractivity contribution in [1.29, 1.82) is 0 Å². The number of pyridine rings is 1. The second kappa shape index (κ2) is 6.24. The number of imidazole rings is 1. The van der Waals surface area contributed by atoms with Crippen LogP contribution in [0.2, 0.25) is 0 Å². The summed E-state index contributed by atoms with van der Waals surface area (Å²) in [5.41, 5.74) is -0.359. The van der Waals surface area contributed by atoms with Gasteiger partial charge in [0.05, 0.1) is 16.2 Å². The third-order valence-electron chi connectivity index (χ3n) is 3.84. The SMILES string of the molecule is C=CCS(=O)(=O)c1ccccc1-c1nc2cc(C(F)(F)F)cnc2n1C. The smallest absolute Gasteiger partial charge is 0.312 e. The molecule has 0 N–H and O–H groups in total. The maximum atomic E-state index is 12.9. The molecular weight excluding hydrogens is 367 g/mol. The van der Waals surface area contributed by atoms with Gasteiger partial charge in [0.25, 0.3) is 0 Å². The van der Waals surface area contributed by atoms with Crippen molar-refractivity contribution in [2.24, 2.45) is 7.05 Å². The average Bonchev–Trinajstić information content (AvgIpc) is 2.90. The van der Waals surface area contributed by atoms with Crippen LogP contribution in [-0.4, -0.2) is 28.7 Å². The van der Waals surface area contributed by atoms with Crippen LogP contribution in [-0.2, 0) is 23.1 Å². The van der Waals surface area contributed by atoms with Gasteiger partial charge in [-0.05, 0) is 18.2 Å². The van der Waals surface area contributed by atoms with Crippen molar-refractivity contribution >= 4 is 21.0 Å². The molecule has 0 unspecified atom stereocenters. The number of nitrogens with zero attached hydrogens (tertiary/aromatic N) is 3. The Balaban J connectivity index is 2.24. The largest absolute Gasteiger partial charge is 0.417 e. The second-order valence-electron chi connectivity index (χ2n) is 5.63. The highest BCUT2D eigenvalue weighted by Crippen LogP contribution is 2.33. The van der Waals surface area contributed by atoms with Gasteiger partial charge in [-0.2, -0.15) is 13.2 Å². The maximum absolute atomic E-state index is 12.9. The Morgan fingerprint density at radius 1 is 1.27 bits per heavy atom. The van der Waals surface area contributed by atoms with Crippen LogP contribution in [0, 0.1) is 0 Å². The molecule has 3 aromatic rings. The number of hydrogen-bond acceptors (Lipinski definition) is 4. The number of aromatic nitrogens is 3. The molecule has 9 heteroatoms. The first-order valence-electron chi connectivity index (χ1n) is 7.48. The predicted octanol–water partition coefficient (Wildman–Crippen LogP) is 3.61. The van der Waals surface area contributed by atoms with E-state index in [4.69, 9.17) is 0 Å². The van der Waals surface area contributed by atoms with E-state index in [2.05, 4.69) is 16.5 Å². The number of fused-ring (bicyclic) bond motifs is 1. The van der Waals surface area contributed by atoms with Crippen molar-refractivity contribution in [3.05, 3.63) is 54.7 Å². The second-order valence-corrected chi connectivity index (χ2v) is 7.63. The van der Waals surface area contributed by atoms with E-state index < -0.39 is 21.6 Å². The standard InChI is InChI=1S/C17H14F3N3O2S/c1-3-8-26(24,25)14-7-5-4-6-12(14)15-22-13-9-11(17(18,19)20)10-21-16(13)23(15)2/h3-7,9-10H,1,8H2,2H3. The Bertz CT molecular complexity index is 1100. The van der Waals surface area contributed by atoms with E-state index in [1.807, 2.05) is 0 Å². The highest BCUT2D eigenvalue weighted by Gasteiger charge is 2.32. The molecule has 3 rings (SSSR count). The summed E-state index contributed by atoms with van der Waals surface area (Å²) in [5, 5.41) is 0. The molecule has 2 aromatic heterocycles. The van der Waals surface area contributed by atoms with Crippen molar-refractivity contribution in [2.75, 3.05) is 5.75 Å². The normalized spacial score (nSPS) is 12.5. The van der Waals surface area contributed by atoms with Gasteiger partial charge < -0.3 is 4.57 Å². The summed E-state index contributed by atoms with van der Waals surface area (Å²) in [7, 11) is -2.08. The van der Waals surface area contributed by atoms with Crippen LogP contribution < -0.4 is 0 Å². The van der Waals surface area contributed by atoms with Crippen molar-refractivity contribution in [3.63, 3.8) is 0 Å².